The first kappa shape index (κ1) is 20.8. The van der Waals surface area contributed by atoms with Crippen molar-refractivity contribution in [2.45, 2.75) is 31.3 Å². The normalized spacial score (nSPS) is 11.3. The number of thioether (sulfide) groups is 1. The monoisotopic (exact) mass is 460 g/mol. The third kappa shape index (κ3) is 4.16. The van der Waals surface area contributed by atoms with Gasteiger partial charge in [0, 0.05) is 11.9 Å². The van der Waals surface area contributed by atoms with E-state index in [4.69, 9.17) is 26.0 Å². The van der Waals surface area contributed by atoms with E-state index >= 15 is 0 Å². The maximum Gasteiger partial charge on any atom is 0.228 e. The first-order chi connectivity index (χ1) is 15.6. The summed E-state index contributed by atoms with van der Waals surface area (Å²) in [6, 6.07) is 18.1. The van der Waals surface area contributed by atoms with Crippen LogP contribution in [0.15, 0.2) is 76.6 Å². The summed E-state index contributed by atoms with van der Waals surface area (Å²) in [6.45, 7) is 4.58. The van der Waals surface area contributed by atoms with E-state index in [0.717, 1.165) is 39.0 Å². The molecule has 3 aromatic heterocycles. The first-order valence-corrected chi connectivity index (χ1v) is 11.6. The zero-order chi connectivity index (χ0) is 22.1. The van der Waals surface area contributed by atoms with E-state index in [2.05, 4.69) is 40.7 Å². The van der Waals surface area contributed by atoms with Gasteiger partial charge in [0.25, 0.3) is 0 Å². The van der Waals surface area contributed by atoms with Crippen molar-refractivity contribution in [3.63, 3.8) is 0 Å². The van der Waals surface area contributed by atoms with Crippen molar-refractivity contribution < 1.29 is 4.42 Å². The number of hydrogen-bond donors (Lipinski definition) is 0. The van der Waals surface area contributed by atoms with Crippen molar-refractivity contribution in [2.75, 3.05) is 0 Å². The molecule has 5 aromatic rings. The molecular weight excluding hydrogens is 440 g/mol. The van der Waals surface area contributed by atoms with Gasteiger partial charge in [0.15, 0.2) is 5.16 Å². The van der Waals surface area contributed by atoms with Crippen molar-refractivity contribution >= 4 is 34.4 Å². The molecule has 0 unspecified atom stereocenters. The molecule has 0 aliphatic heterocycles. The second kappa shape index (κ2) is 8.81. The summed E-state index contributed by atoms with van der Waals surface area (Å²) in [5.41, 5.74) is 6.05. The lowest BCUT2D eigenvalue weighted by Crippen LogP contribution is -2.03. The molecule has 0 spiro atoms. The molecule has 7 heteroatoms. The Morgan fingerprint density at radius 1 is 1.03 bits per heavy atom. The Hall–Kier alpha value is -3.09. The average Bonchev–Trinajstić information content (AvgIpc) is 3.33. The number of rotatable bonds is 6. The standard InChI is InChI=1S/C25H21ClN4OS/c1-16-6-5-7-18(12-16)15-32-25-29-21-10-11-27-13-23(21)30(25)14-22-17(2)31-24(28-22)19-8-3-4-9-20(19)26/h3-13H,14-15H2,1-2H3. The molecule has 0 saturated heterocycles. The van der Waals surface area contributed by atoms with Gasteiger partial charge in [-0.1, -0.05) is 65.3 Å². The van der Waals surface area contributed by atoms with Crippen LogP contribution in [0.3, 0.4) is 0 Å². The molecule has 2 aromatic carbocycles. The lowest BCUT2D eigenvalue weighted by atomic mass is 10.2. The van der Waals surface area contributed by atoms with E-state index in [9.17, 15) is 0 Å². The smallest absolute Gasteiger partial charge is 0.228 e. The molecule has 0 amide bonds. The molecule has 0 aliphatic rings. The molecule has 32 heavy (non-hydrogen) atoms. The maximum atomic E-state index is 6.35. The predicted molar refractivity (Wildman–Crippen MR) is 129 cm³/mol. The highest BCUT2D eigenvalue weighted by Gasteiger charge is 2.18. The number of halogens is 1. The van der Waals surface area contributed by atoms with Crippen molar-refractivity contribution in [2.24, 2.45) is 0 Å². The largest absolute Gasteiger partial charge is 0.441 e. The summed E-state index contributed by atoms with van der Waals surface area (Å²) in [6.07, 6.45) is 3.62. The minimum Gasteiger partial charge on any atom is -0.441 e. The van der Waals surface area contributed by atoms with Crippen LogP contribution in [0.25, 0.3) is 22.5 Å². The summed E-state index contributed by atoms with van der Waals surface area (Å²) in [5, 5.41) is 1.54. The minimum atomic E-state index is 0.527. The summed E-state index contributed by atoms with van der Waals surface area (Å²) < 4.78 is 8.13. The number of nitrogens with zero attached hydrogens (tertiary/aromatic N) is 4. The Labute approximate surface area is 195 Å². The molecule has 5 rings (SSSR count). The number of hydrogen-bond acceptors (Lipinski definition) is 5. The predicted octanol–water partition coefficient (Wildman–Crippen LogP) is 6.70. The molecule has 0 radical (unpaired) electrons. The molecular formula is C25H21ClN4OS. The quantitative estimate of drug-likeness (QED) is 0.264. The lowest BCUT2D eigenvalue weighted by Gasteiger charge is -2.08. The number of benzene rings is 2. The Balaban J connectivity index is 1.49. The van der Waals surface area contributed by atoms with Gasteiger partial charge in [0.05, 0.1) is 34.4 Å². The molecule has 5 nitrogen and oxygen atoms in total. The lowest BCUT2D eigenvalue weighted by molar-refractivity contribution is 0.537. The Morgan fingerprint density at radius 2 is 1.91 bits per heavy atom. The molecule has 0 bridgehead atoms. The summed E-state index contributed by atoms with van der Waals surface area (Å²) in [5.74, 6) is 2.13. The van der Waals surface area contributed by atoms with Crippen molar-refractivity contribution in [1.29, 1.82) is 0 Å². The van der Waals surface area contributed by atoms with Crippen LogP contribution in [0.1, 0.15) is 22.6 Å². The molecule has 0 atom stereocenters. The van der Waals surface area contributed by atoms with Gasteiger partial charge >= 0.3 is 0 Å². The molecule has 0 N–H and O–H groups in total. The Kier molecular flexibility index (Phi) is 5.72. The maximum absolute atomic E-state index is 6.35. The highest BCUT2D eigenvalue weighted by molar-refractivity contribution is 7.98. The van der Waals surface area contributed by atoms with Gasteiger partial charge in [-0.05, 0) is 37.6 Å². The summed E-state index contributed by atoms with van der Waals surface area (Å²) in [7, 11) is 0. The van der Waals surface area contributed by atoms with Crippen LogP contribution in [-0.2, 0) is 12.3 Å². The van der Waals surface area contributed by atoms with E-state index in [0.29, 0.717) is 17.5 Å². The van der Waals surface area contributed by atoms with Crippen molar-refractivity contribution in [1.82, 2.24) is 19.5 Å². The highest BCUT2D eigenvalue weighted by Crippen LogP contribution is 2.31. The van der Waals surface area contributed by atoms with Crippen LogP contribution in [0.4, 0.5) is 0 Å². The Bertz CT molecular complexity index is 1410. The van der Waals surface area contributed by atoms with Crippen LogP contribution < -0.4 is 0 Å². The zero-order valence-electron chi connectivity index (χ0n) is 17.7. The number of aryl methyl sites for hydroxylation is 2. The first-order valence-electron chi connectivity index (χ1n) is 10.3. The van der Waals surface area contributed by atoms with Gasteiger partial charge in [-0.2, -0.15) is 0 Å². The second-order valence-electron chi connectivity index (χ2n) is 7.62. The second-order valence-corrected chi connectivity index (χ2v) is 8.97. The molecule has 0 saturated carbocycles. The number of fused-ring (bicyclic) bond motifs is 1. The molecule has 3 heterocycles. The van der Waals surface area contributed by atoms with Crippen molar-refractivity contribution in [3.8, 4) is 11.5 Å². The van der Waals surface area contributed by atoms with E-state index < -0.39 is 0 Å². The van der Waals surface area contributed by atoms with Crippen LogP contribution in [0, 0.1) is 13.8 Å². The topological polar surface area (TPSA) is 56.7 Å². The minimum absolute atomic E-state index is 0.527. The van der Waals surface area contributed by atoms with E-state index in [1.807, 2.05) is 43.5 Å². The number of pyridine rings is 1. The van der Waals surface area contributed by atoms with Crippen LogP contribution in [0.2, 0.25) is 5.02 Å². The third-order valence-corrected chi connectivity index (χ3v) is 6.65. The molecule has 0 aliphatic carbocycles. The van der Waals surface area contributed by atoms with Gasteiger partial charge < -0.3 is 8.98 Å². The van der Waals surface area contributed by atoms with Crippen LogP contribution in [0.5, 0.6) is 0 Å². The molecule has 160 valence electrons. The summed E-state index contributed by atoms with van der Waals surface area (Å²) in [4.78, 5) is 13.9. The third-order valence-electron chi connectivity index (χ3n) is 5.27. The fourth-order valence-electron chi connectivity index (χ4n) is 3.63. The number of oxazole rings is 1. The van der Waals surface area contributed by atoms with Gasteiger partial charge in [-0.15, -0.1) is 0 Å². The number of aromatic nitrogens is 4. The van der Waals surface area contributed by atoms with E-state index in [-0.39, 0.29) is 0 Å². The summed E-state index contributed by atoms with van der Waals surface area (Å²) >= 11 is 8.06. The van der Waals surface area contributed by atoms with Gasteiger partial charge in [0.2, 0.25) is 5.89 Å². The van der Waals surface area contributed by atoms with Gasteiger partial charge in [-0.25, -0.2) is 9.97 Å². The van der Waals surface area contributed by atoms with Crippen LogP contribution in [-0.4, -0.2) is 19.5 Å². The van der Waals surface area contributed by atoms with E-state index in [1.165, 1.54) is 11.1 Å². The number of imidazole rings is 1. The fourth-order valence-corrected chi connectivity index (χ4v) is 4.81. The fraction of sp³-hybridized carbons (Fsp3) is 0.160. The SMILES string of the molecule is Cc1cccc(CSc2nc3ccncc3n2Cc2nc(-c3ccccc3Cl)oc2C)c1. The Morgan fingerprint density at radius 3 is 2.75 bits per heavy atom. The van der Waals surface area contributed by atoms with Gasteiger partial charge in [0.1, 0.15) is 11.5 Å². The van der Waals surface area contributed by atoms with Gasteiger partial charge in [-0.3, -0.25) is 4.98 Å². The highest BCUT2D eigenvalue weighted by atomic mass is 35.5. The molecule has 0 fully saturated rings. The van der Waals surface area contributed by atoms with Crippen LogP contribution >= 0.6 is 23.4 Å². The zero-order valence-corrected chi connectivity index (χ0v) is 19.3. The average molecular weight is 461 g/mol. The van der Waals surface area contributed by atoms with Crippen molar-refractivity contribution in [3.05, 3.63) is 94.6 Å². The van der Waals surface area contributed by atoms with E-state index in [1.54, 1.807) is 18.0 Å².